The Morgan fingerprint density at radius 2 is 2.12 bits per heavy atom. The van der Waals surface area contributed by atoms with Gasteiger partial charge in [0, 0.05) is 0 Å². The lowest BCUT2D eigenvalue weighted by atomic mass is 10.2. The number of methoxy groups -OCH3 is 1. The van der Waals surface area contributed by atoms with Gasteiger partial charge in [0.15, 0.2) is 11.5 Å². The van der Waals surface area contributed by atoms with Gasteiger partial charge in [0.2, 0.25) is 0 Å². The van der Waals surface area contributed by atoms with E-state index in [2.05, 4.69) is 33.1 Å². The Kier molecular flexibility index (Phi) is 6.86. The molecule has 0 saturated carbocycles. The molecule has 2 rings (SSSR count). The third kappa shape index (κ3) is 4.61. The first-order valence-corrected chi connectivity index (χ1v) is 8.60. The van der Waals surface area contributed by atoms with E-state index in [1.165, 1.54) is 0 Å². The molecule has 0 aliphatic rings. The fourth-order valence-corrected chi connectivity index (χ4v) is 3.06. The fourth-order valence-electron chi connectivity index (χ4n) is 1.99. The normalized spacial score (nSPS) is 10.7. The topological polar surface area (TPSA) is 59.9 Å². The van der Waals surface area contributed by atoms with E-state index in [0.29, 0.717) is 28.7 Å². The monoisotopic (exact) mass is 458 g/mol. The SMILES string of the molecule is CCOc1cc(/C=N\NC(=O)c2ccccc2Cl)cc(I)c1OC. The van der Waals surface area contributed by atoms with Crippen LogP contribution in [0.25, 0.3) is 0 Å². The first kappa shape index (κ1) is 18.5. The number of hydrazone groups is 1. The van der Waals surface area contributed by atoms with Crippen molar-refractivity contribution >= 4 is 46.3 Å². The molecule has 0 bridgehead atoms. The minimum absolute atomic E-state index is 0.370. The molecule has 0 aliphatic heterocycles. The third-order valence-corrected chi connectivity index (χ3v) is 4.16. The Morgan fingerprint density at radius 3 is 2.79 bits per heavy atom. The van der Waals surface area contributed by atoms with E-state index in [-0.39, 0.29) is 5.91 Å². The highest BCUT2D eigenvalue weighted by atomic mass is 127. The van der Waals surface area contributed by atoms with Gasteiger partial charge in [-0.1, -0.05) is 23.7 Å². The minimum Gasteiger partial charge on any atom is -0.492 e. The molecule has 24 heavy (non-hydrogen) atoms. The molecule has 1 N–H and O–H groups in total. The van der Waals surface area contributed by atoms with E-state index in [1.54, 1.807) is 43.7 Å². The summed E-state index contributed by atoms with van der Waals surface area (Å²) >= 11 is 8.14. The Balaban J connectivity index is 2.14. The zero-order valence-electron chi connectivity index (χ0n) is 13.2. The highest BCUT2D eigenvalue weighted by Gasteiger charge is 2.11. The highest BCUT2D eigenvalue weighted by molar-refractivity contribution is 14.1. The molecule has 0 unspecified atom stereocenters. The fraction of sp³-hybridized carbons (Fsp3) is 0.176. The van der Waals surface area contributed by atoms with Crippen LogP contribution in [0.2, 0.25) is 5.02 Å². The van der Waals surface area contributed by atoms with Crippen molar-refractivity contribution < 1.29 is 14.3 Å². The second-order valence-electron chi connectivity index (χ2n) is 4.65. The van der Waals surface area contributed by atoms with Crippen LogP contribution in [0.15, 0.2) is 41.5 Å². The average Bonchev–Trinajstić information content (AvgIpc) is 2.55. The van der Waals surface area contributed by atoms with Gasteiger partial charge in [-0.05, 0) is 59.3 Å². The van der Waals surface area contributed by atoms with Gasteiger partial charge in [0.25, 0.3) is 5.91 Å². The quantitative estimate of drug-likeness (QED) is 0.402. The number of nitrogens with zero attached hydrogens (tertiary/aromatic N) is 1. The largest absolute Gasteiger partial charge is 0.492 e. The third-order valence-electron chi connectivity index (χ3n) is 3.03. The van der Waals surface area contributed by atoms with E-state index in [1.807, 2.05) is 13.0 Å². The van der Waals surface area contributed by atoms with Crippen molar-refractivity contribution in [1.82, 2.24) is 5.43 Å². The molecule has 126 valence electrons. The van der Waals surface area contributed by atoms with Crippen LogP contribution in [0.1, 0.15) is 22.8 Å². The smallest absolute Gasteiger partial charge is 0.272 e. The second-order valence-corrected chi connectivity index (χ2v) is 6.22. The maximum Gasteiger partial charge on any atom is 0.272 e. The highest BCUT2D eigenvalue weighted by Crippen LogP contribution is 2.33. The molecule has 2 aromatic carbocycles. The Bertz CT molecular complexity index is 765. The van der Waals surface area contributed by atoms with Crippen LogP contribution >= 0.6 is 34.2 Å². The van der Waals surface area contributed by atoms with Crippen LogP contribution in [0.3, 0.4) is 0 Å². The number of amides is 1. The van der Waals surface area contributed by atoms with Crippen molar-refractivity contribution in [2.75, 3.05) is 13.7 Å². The number of hydrogen-bond acceptors (Lipinski definition) is 4. The van der Waals surface area contributed by atoms with Crippen molar-refractivity contribution in [1.29, 1.82) is 0 Å². The summed E-state index contributed by atoms with van der Waals surface area (Å²) in [4.78, 5) is 12.0. The molecular formula is C17H16ClIN2O3. The van der Waals surface area contributed by atoms with Gasteiger partial charge < -0.3 is 9.47 Å². The maximum absolute atomic E-state index is 12.0. The van der Waals surface area contributed by atoms with Gasteiger partial charge in [0.1, 0.15) is 0 Å². The molecular weight excluding hydrogens is 443 g/mol. The number of ether oxygens (including phenoxy) is 2. The summed E-state index contributed by atoms with van der Waals surface area (Å²) in [7, 11) is 1.59. The van der Waals surface area contributed by atoms with Crippen LogP contribution in [-0.4, -0.2) is 25.8 Å². The summed E-state index contributed by atoms with van der Waals surface area (Å²) in [5.74, 6) is 0.936. The van der Waals surface area contributed by atoms with Crippen molar-refractivity contribution in [3.63, 3.8) is 0 Å². The molecule has 0 aliphatic carbocycles. The van der Waals surface area contributed by atoms with Crippen molar-refractivity contribution in [2.24, 2.45) is 5.10 Å². The molecule has 0 spiro atoms. The van der Waals surface area contributed by atoms with Crippen molar-refractivity contribution in [2.45, 2.75) is 6.92 Å². The molecule has 0 aromatic heterocycles. The molecule has 5 nitrogen and oxygen atoms in total. The van der Waals surface area contributed by atoms with Crippen LogP contribution in [-0.2, 0) is 0 Å². The summed E-state index contributed by atoms with van der Waals surface area (Å²) < 4.78 is 11.8. The Hall–Kier alpha value is -1.80. The molecule has 0 radical (unpaired) electrons. The lowest BCUT2D eigenvalue weighted by Gasteiger charge is -2.11. The molecule has 1 amide bonds. The van der Waals surface area contributed by atoms with Crippen molar-refractivity contribution in [3.05, 3.63) is 56.1 Å². The number of nitrogens with one attached hydrogen (secondary N) is 1. The number of hydrogen-bond donors (Lipinski definition) is 1. The minimum atomic E-state index is -0.370. The lowest BCUT2D eigenvalue weighted by molar-refractivity contribution is 0.0955. The van der Waals surface area contributed by atoms with Gasteiger partial charge in [-0.15, -0.1) is 0 Å². The first-order chi connectivity index (χ1) is 11.6. The van der Waals surface area contributed by atoms with E-state index < -0.39 is 0 Å². The standard InChI is InChI=1S/C17H16ClIN2O3/c1-3-24-15-9-11(8-14(19)16(15)23-2)10-20-21-17(22)12-6-4-5-7-13(12)18/h4-10H,3H2,1-2H3,(H,21,22)/b20-10-. The van der Waals surface area contributed by atoms with Gasteiger partial charge in [0.05, 0.1) is 34.1 Å². The number of halogens is 2. The summed E-state index contributed by atoms with van der Waals surface area (Å²) in [5.41, 5.74) is 3.61. The zero-order valence-corrected chi connectivity index (χ0v) is 16.1. The van der Waals surface area contributed by atoms with Gasteiger partial charge in [-0.25, -0.2) is 5.43 Å². The number of carbonyl (C=O) groups is 1. The lowest BCUT2D eigenvalue weighted by Crippen LogP contribution is -2.17. The zero-order chi connectivity index (χ0) is 17.5. The average molecular weight is 459 g/mol. The summed E-state index contributed by atoms with van der Waals surface area (Å²) in [6, 6.07) is 10.5. The van der Waals surface area contributed by atoms with E-state index >= 15 is 0 Å². The molecule has 0 heterocycles. The molecule has 0 saturated heterocycles. The number of benzene rings is 2. The Labute approximate surface area is 159 Å². The maximum atomic E-state index is 12.0. The number of carbonyl (C=O) groups excluding carboxylic acids is 1. The summed E-state index contributed by atoms with van der Waals surface area (Å²) in [5, 5.41) is 4.35. The van der Waals surface area contributed by atoms with E-state index in [9.17, 15) is 4.79 Å². The van der Waals surface area contributed by atoms with Crippen LogP contribution < -0.4 is 14.9 Å². The predicted molar refractivity (Wildman–Crippen MR) is 103 cm³/mol. The van der Waals surface area contributed by atoms with Gasteiger partial charge in [-0.3, -0.25) is 4.79 Å². The Morgan fingerprint density at radius 1 is 1.38 bits per heavy atom. The van der Waals surface area contributed by atoms with Gasteiger partial charge >= 0.3 is 0 Å². The molecule has 0 atom stereocenters. The van der Waals surface area contributed by atoms with Crippen LogP contribution in [0, 0.1) is 3.57 Å². The van der Waals surface area contributed by atoms with Gasteiger partial charge in [-0.2, -0.15) is 5.10 Å². The van der Waals surface area contributed by atoms with Crippen molar-refractivity contribution in [3.8, 4) is 11.5 Å². The predicted octanol–water partition coefficient (Wildman–Crippen LogP) is 4.12. The number of rotatable bonds is 6. The van der Waals surface area contributed by atoms with Crippen LogP contribution in [0.5, 0.6) is 11.5 Å². The van der Waals surface area contributed by atoms with E-state index in [4.69, 9.17) is 21.1 Å². The molecule has 7 heteroatoms. The van der Waals surface area contributed by atoms with Crippen LogP contribution in [0.4, 0.5) is 0 Å². The molecule has 0 fully saturated rings. The first-order valence-electron chi connectivity index (χ1n) is 7.15. The second kappa shape index (κ2) is 8.89. The molecule has 2 aromatic rings. The summed E-state index contributed by atoms with van der Waals surface area (Å²) in [6.45, 7) is 2.42. The summed E-state index contributed by atoms with van der Waals surface area (Å²) in [6.07, 6.45) is 1.54. The van der Waals surface area contributed by atoms with E-state index in [0.717, 1.165) is 9.13 Å².